The van der Waals surface area contributed by atoms with Gasteiger partial charge < -0.3 is 15.5 Å². The molecule has 2 aliphatic rings. The number of hydrogen-bond donors (Lipinski definition) is 1. The third kappa shape index (κ3) is 3.84. The summed E-state index contributed by atoms with van der Waals surface area (Å²) in [5, 5.41) is 4.70. The SMILES string of the molecule is Cc1cn2nc([C@@H]3CCCCN3C(=O)c3c(F)ccc(C)c3F)cc2nc1N1CC[C@H](N)C1. The highest BCUT2D eigenvalue weighted by molar-refractivity contribution is 5.95. The summed E-state index contributed by atoms with van der Waals surface area (Å²) in [7, 11) is 0. The second-order valence-corrected chi connectivity index (χ2v) is 9.18. The Morgan fingerprint density at radius 3 is 2.70 bits per heavy atom. The number of carbonyl (C=O) groups is 1. The Morgan fingerprint density at radius 1 is 1.12 bits per heavy atom. The van der Waals surface area contributed by atoms with Gasteiger partial charge in [-0.05, 0) is 51.2 Å². The van der Waals surface area contributed by atoms with Gasteiger partial charge in [-0.15, -0.1) is 0 Å². The van der Waals surface area contributed by atoms with E-state index >= 15 is 0 Å². The highest BCUT2D eigenvalue weighted by atomic mass is 19.1. The van der Waals surface area contributed by atoms with Crippen molar-refractivity contribution in [3.8, 4) is 0 Å². The minimum atomic E-state index is -0.840. The first-order valence-corrected chi connectivity index (χ1v) is 11.5. The van der Waals surface area contributed by atoms with Crippen LogP contribution in [0, 0.1) is 25.5 Å². The van der Waals surface area contributed by atoms with Crippen molar-refractivity contribution in [2.75, 3.05) is 24.5 Å². The number of nitrogens with two attached hydrogens (primary N) is 1. The van der Waals surface area contributed by atoms with Crippen molar-refractivity contribution in [3.63, 3.8) is 0 Å². The number of carbonyl (C=O) groups excluding carboxylic acids is 1. The minimum absolute atomic E-state index is 0.145. The first-order valence-electron chi connectivity index (χ1n) is 11.5. The molecule has 0 unspecified atom stereocenters. The van der Waals surface area contributed by atoms with E-state index in [1.165, 1.54) is 13.0 Å². The Bertz CT molecular complexity index is 1230. The topological polar surface area (TPSA) is 79.8 Å². The maximum Gasteiger partial charge on any atom is 0.260 e. The minimum Gasteiger partial charge on any atom is -0.355 e. The molecule has 174 valence electrons. The number of piperidine rings is 1. The number of aromatic nitrogens is 3. The van der Waals surface area contributed by atoms with E-state index in [-0.39, 0.29) is 17.6 Å². The van der Waals surface area contributed by atoms with Gasteiger partial charge in [0.2, 0.25) is 0 Å². The van der Waals surface area contributed by atoms with Crippen molar-refractivity contribution in [1.82, 2.24) is 19.5 Å². The summed E-state index contributed by atoms with van der Waals surface area (Å²) in [6, 6.07) is 4.14. The zero-order valence-electron chi connectivity index (χ0n) is 18.9. The molecule has 0 saturated carbocycles. The molecule has 33 heavy (non-hydrogen) atoms. The number of likely N-dealkylation sites (tertiary alicyclic amines) is 1. The van der Waals surface area contributed by atoms with Gasteiger partial charge in [-0.2, -0.15) is 5.10 Å². The summed E-state index contributed by atoms with van der Waals surface area (Å²) in [5.74, 6) is -1.38. The fourth-order valence-electron chi connectivity index (χ4n) is 4.96. The maximum atomic E-state index is 14.7. The van der Waals surface area contributed by atoms with Crippen LogP contribution in [-0.4, -0.2) is 51.1 Å². The van der Waals surface area contributed by atoms with Gasteiger partial charge >= 0.3 is 0 Å². The van der Waals surface area contributed by atoms with Crippen LogP contribution in [0.25, 0.3) is 5.65 Å². The number of amides is 1. The molecule has 4 heterocycles. The normalized spacial score (nSPS) is 21.2. The standard InChI is InChI=1S/C24H28F2N6O/c1-14-6-7-17(25)21(22(14)26)24(33)31-9-4-3-5-19(31)18-11-20-28-23(15(2)12-32(20)29-18)30-10-8-16(27)13-30/h6-7,11-12,16,19H,3-5,8-10,13,27H2,1-2H3/t16-,19-/m0/s1. The quantitative estimate of drug-likeness (QED) is 0.655. The molecule has 2 aliphatic heterocycles. The Kier molecular flexibility index (Phi) is 5.52. The van der Waals surface area contributed by atoms with Crippen LogP contribution in [-0.2, 0) is 0 Å². The molecule has 7 nitrogen and oxygen atoms in total. The maximum absolute atomic E-state index is 14.7. The largest absolute Gasteiger partial charge is 0.355 e. The summed E-state index contributed by atoms with van der Waals surface area (Å²) >= 11 is 0. The van der Waals surface area contributed by atoms with Crippen LogP contribution in [0.3, 0.4) is 0 Å². The number of benzene rings is 1. The van der Waals surface area contributed by atoms with E-state index in [0.29, 0.717) is 24.3 Å². The van der Waals surface area contributed by atoms with E-state index in [1.807, 2.05) is 19.2 Å². The number of fused-ring (bicyclic) bond motifs is 1. The van der Waals surface area contributed by atoms with Gasteiger partial charge in [0.1, 0.15) is 23.0 Å². The molecule has 9 heteroatoms. The molecule has 1 amide bonds. The molecule has 0 bridgehead atoms. The molecule has 2 aromatic heterocycles. The Balaban J connectivity index is 1.50. The van der Waals surface area contributed by atoms with Gasteiger partial charge in [-0.25, -0.2) is 18.3 Å². The van der Waals surface area contributed by atoms with Gasteiger partial charge in [0.15, 0.2) is 5.65 Å². The molecule has 2 atom stereocenters. The monoisotopic (exact) mass is 454 g/mol. The summed E-state index contributed by atoms with van der Waals surface area (Å²) in [6.45, 7) is 5.58. The number of anilines is 1. The fourth-order valence-corrected chi connectivity index (χ4v) is 4.96. The highest BCUT2D eigenvalue weighted by Gasteiger charge is 2.34. The number of hydrogen-bond acceptors (Lipinski definition) is 5. The lowest BCUT2D eigenvalue weighted by molar-refractivity contribution is 0.0595. The van der Waals surface area contributed by atoms with E-state index in [0.717, 1.165) is 49.8 Å². The smallest absolute Gasteiger partial charge is 0.260 e. The predicted octanol–water partition coefficient (Wildman–Crippen LogP) is 3.53. The molecule has 2 saturated heterocycles. The van der Waals surface area contributed by atoms with Crippen molar-refractivity contribution in [2.45, 2.75) is 51.6 Å². The Labute approximate surface area is 191 Å². The predicted molar refractivity (Wildman–Crippen MR) is 121 cm³/mol. The number of nitrogens with zero attached hydrogens (tertiary/aromatic N) is 5. The molecule has 3 aromatic rings. The zero-order chi connectivity index (χ0) is 23.3. The van der Waals surface area contributed by atoms with E-state index in [9.17, 15) is 13.6 Å². The molecule has 1 aromatic carbocycles. The second kappa shape index (κ2) is 8.37. The highest BCUT2D eigenvalue weighted by Crippen LogP contribution is 2.33. The number of aryl methyl sites for hydroxylation is 2. The van der Waals surface area contributed by atoms with Gasteiger partial charge in [0.05, 0.1) is 11.7 Å². The Hall–Kier alpha value is -3.07. The van der Waals surface area contributed by atoms with E-state index in [2.05, 4.69) is 4.90 Å². The van der Waals surface area contributed by atoms with Crippen molar-refractivity contribution in [1.29, 1.82) is 0 Å². The van der Waals surface area contributed by atoms with Gasteiger partial charge in [-0.1, -0.05) is 6.07 Å². The number of rotatable bonds is 3. The van der Waals surface area contributed by atoms with Crippen LogP contribution in [0.15, 0.2) is 24.4 Å². The molecule has 5 rings (SSSR count). The summed E-state index contributed by atoms with van der Waals surface area (Å²) in [5.41, 5.74) is 8.17. The lowest BCUT2D eigenvalue weighted by atomic mass is 9.97. The molecule has 2 fully saturated rings. The molecular weight excluding hydrogens is 426 g/mol. The van der Waals surface area contributed by atoms with E-state index in [4.69, 9.17) is 15.8 Å². The third-order valence-corrected chi connectivity index (χ3v) is 6.75. The van der Waals surface area contributed by atoms with Crippen molar-refractivity contribution in [2.24, 2.45) is 5.73 Å². The van der Waals surface area contributed by atoms with Gasteiger partial charge in [0.25, 0.3) is 5.91 Å². The average molecular weight is 455 g/mol. The lowest BCUT2D eigenvalue weighted by Gasteiger charge is -2.35. The van der Waals surface area contributed by atoms with Crippen molar-refractivity contribution in [3.05, 3.63) is 58.4 Å². The van der Waals surface area contributed by atoms with Crippen LogP contribution < -0.4 is 10.6 Å². The van der Waals surface area contributed by atoms with E-state index < -0.39 is 23.1 Å². The first kappa shape index (κ1) is 21.8. The molecular formula is C24H28F2N6O. The molecule has 0 spiro atoms. The molecule has 0 radical (unpaired) electrons. The lowest BCUT2D eigenvalue weighted by Crippen LogP contribution is -2.39. The van der Waals surface area contributed by atoms with Crippen LogP contribution >= 0.6 is 0 Å². The second-order valence-electron chi connectivity index (χ2n) is 9.18. The zero-order valence-corrected chi connectivity index (χ0v) is 18.9. The first-order chi connectivity index (χ1) is 15.8. The molecule has 2 N–H and O–H groups in total. The van der Waals surface area contributed by atoms with Crippen LogP contribution in [0.2, 0.25) is 0 Å². The van der Waals surface area contributed by atoms with Crippen LogP contribution in [0.1, 0.15) is 58.9 Å². The molecule has 0 aliphatic carbocycles. The number of halogens is 2. The fraction of sp³-hybridized carbons (Fsp3) is 0.458. The average Bonchev–Trinajstić information content (AvgIpc) is 3.41. The van der Waals surface area contributed by atoms with Gasteiger partial charge in [0, 0.05) is 43.5 Å². The van der Waals surface area contributed by atoms with E-state index in [1.54, 1.807) is 9.42 Å². The van der Waals surface area contributed by atoms with Crippen LogP contribution in [0.4, 0.5) is 14.6 Å². The van der Waals surface area contributed by atoms with Crippen LogP contribution in [0.5, 0.6) is 0 Å². The van der Waals surface area contributed by atoms with Crippen molar-refractivity contribution < 1.29 is 13.6 Å². The summed E-state index contributed by atoms with van der Waals surface area (Å²) in [4.78, 5) is 21.8. The third-order valence-electron chi connectivity index (χ3n) is 6.75. The summed E-state index contributed by atoms with van der Waals surface area (Å²) in [6.07, 6.45) is 5.23. The van der Waals surface area contributed by atoms with Crippen molar-refractivity contribution >= 4 is 17.4 Å². The summed E-state index contributed by atoms with van der Waals surface area (Å²) < 4.78 is 30.9. The van der Waals surface area contributed by atoms with Gasteiger partial charge in [-0.3, -0.25) is 4.79 Å². The Morgan fingerprint density at radius 2 is 1.94 bits per heavy atom.